The van der Waals surface area contributed by atoms with Gasteiger partial charge in [-0.25, -0.2) is 9.97 Å². The van der Waals surface area contributed by atoms with E-state index in [1.165, 1.54) is 0 Å². The van der Waals surface area contributed by atoms with Crippen LogP contribution in [0.4, 0.5) is 0 Å². The van der Waals surface area contributed by atoms with E-state index in [-0.39, 0.29) is 29.9 Å². The number of fused-ring (bicyclic) bond motifs is 2. The number of ether oxygens (including phenoxy) is 1. The maximum absolute atomic E-state index is 13.6. The molecule has 3 aromatic carbocycles. The monoisotopic (exact) mass is 948 g/mol. The Morgan fingerprint density at radius 2 is 1.55 bits per heavy atom. The van der Waals surface area contributed by atoms with Crippen LogP contribution in [0.1, 0.15) is 109 Å². The summed E-state index contributed by atoms with van der Waals surface area (Å²) in [6.07, 6.45) is 16.0. The van der Waals surface area contributed by atoms with Crippen LogP contribution in [-0.4, -0.2) is 123 Å². The number of unbranched alkanes of at least 4 members (excludes halogenated alkanes) is 3. The number of piperazine rings is 1. The summed E-state index contributed by atoms with van der Waals surface area (Å²) in [6.45, 7) is 14.9. The summed E-state index contributed by atoms with van der Waals surface area (Å²) in [5.41, 5.74) is 8.38. The van der Waals surface area contributed by atoms with Gasteiger partial charge in [-0.2, -0.15) is 0 Å². The Hall–Kier alpha value is -7.86. The topological polar surface area (TPSA) is 158 Å². The molecule has 0 aliphatic carbocycles. The second-order valence-corrected chi connectivity index (χ2v) is 18.1. The van der Waals surface area contributed by atoms with Gasteiger partial charge in [0.05, 0.1) is 42.2 Å². The smallest absolute Gasteiger partial charge is 0.266 e. The van der Waals surface area contributed by atoms with Crippen molar-refractivity contribution in [1.82, 2.24) is 39.9 Å². The van der Waals surface area contributed by atoms with E-state index in [2.05, 4.69) is 68.3 Å². The van der Waals surface area contributed by atoms with Crippen LogP contribution in [0, 0.1) is 11.8 Å². The fourth-order valence-corrected chi connectivity index (χ4v) is 9.36. The summed E-state index contributed by atoms with van der Waals surface area (Å²) < 4.78 is 5.99. The van der Waals surface area contributed by atoms with E-state index in [0.29, 0.717) is 43.3 Å². The summed E-state index contributed by atoms with van der Waals surface area (Å²) in [5, 5.41) is 2.23. The van der Waals surface area contributed by atoms with Crippen molar-refractivity contribution in [2.45, 2.75) is 57.5 Å². The summed E-state index contributed by atoms with van der Waals surface area (Å²) >= 11 is 0. The van der Waals surface area contributed by atoms with Crippen LogP contribution >= 0.6 is 0 Å². The highest BCUT2D eigenvalue weighted by Crippen LogP contribution is 2.34. The molecule has 2 fully saturated rings. The summed E-state index contributed by atoms with van der Waals surface area (Å²) in [7, 11) is 0. The van der Waals surface area contributed by atoms with E-state index in [1.807, 2.05) is 59.6 Å². The molecule has 9 rings (SSSR count). The second kappa shape index (κ2) is 22.3. The van der Waals surface area contributed by atoms with Gasteiger partial charge in [-0.1, -0.05) is 86.4 Å². The number of carbonyl (C=O) groups is 5. The number of pyridine rings is 1. The molecule has 0 saturated carbocycles. The van der Waals surface area contributed by atoms with E-state index in [4.69, 9.17) is 9.72 Å². The van der Waals surface area contributed by atoms with Crippen molar-refractivity contribution >= 4 is 53.8 Å². The number of aromatic nitrogens is 3. The Kier molecular flexibility index (Phi) is 15.1. The van der Waals surface area contributed by atoms with Crippen LogP contribution in [0.2, 0.25) is 0 Å². The zero-order chi connectivity index (χ0) is 49.3. The quantitative estimate of drug-likeness (QED) is 0.0462. The minimum Gasteiger partial charge on any atom is -0.493 e. The molecule has 0 spiro atoms. The third-order valence-electron chi connectivity index (χ3n) is 13.4. The third-order valence-corrected chi connectivity index (χ3v) is 13.4. The molecule has 4 aliphatic rings. The number of nitrogens with zero attached hydrogens (tertiary/aromatic N) is 7. The molecule has 5 amide bonds. The number of rotatable bonds is 16. The van der Waals surface area contributed by atoms with Crippen molar-refractivity contribution in [3.63, 3.8) is 0 Å². The normalized spacial score (nSPS) is 17.1. The molecule has 360 valence electrons. The Morgan fingerprint density at radius 1 is 0.803 bits per heavy atom. The van der Waals surface area contributed by atoms with E-state index >= 15 is 0 Å². The minimum atomic E-state index is -1.01. The predicted molar refractivity (Wildman–Crippen MR) is 273 cm³/mol. The first-order chi connectivity index (χ1) is 34.6. The van der Waals surface area contributed by atoms with Gasteiger partial charge >= 0.3 is 0 Å². The van der Waals surface area contributed by atoms with Crippen LogP contribution in [-0.2, 0) is 22.6 Å². The van der Waals surface area contributed by atoms with Crippen LogP contribution in [0.3, 0.4) is 0 Å². The average Bonchev–Trinajstić information content (AvgIpc) is 3.66. The van der Waals surface area contributed by atoms with Crippen molar-refractivity contribution in [3.8, 4) is 29.0 Å². The molecule has 0 radical (unpaired) electrons. The summed E-state index contributed by atoms with van der Waals surface area (Å²) in [5.74, 6) is 5.44. The lowest BCUT2D eigenvalue weighted by molar-refractivity contribution is -0.136. The minimum absolute atomic E-state index is 0.0268. The molecule has 2 saturated heterocycles. The standard InChI is InChI=1S/C57H56N8O6/c1-3-42-35-45(37-58-47(42)4-2)53-59-36-44-26-29-64(38-48(44)60-53)55(68)43-22-20-41(21-23-43)19-18-40-16-14-39(15-17-40)11-10-28-63-32-30-62(31-33-63)27-7-5-6-8-34-71-50-13-9-12-46-52(50)57(70)65(56(46)69)49-24-25-51(66)61-54(49)67/h3-4,9,12-23,35-37,49H,1-2,5-8,24-34,38H2,(H,61,66,67)/b19-18+. The first-order valence-corrected chi connectivity index (χ1v) is 24.3. The van der Waals surface area contributed by atoms with Gasteiger partial charge < -0.3 is 14.5 Å². The molecule has 1 unspecified atom stereocenters. The van der Waals surface area contributed by atoms with Gasteiger partial charge in [-0.15, -0.1) is 0 Å². The SMILES string of the molecule is C=Cc1cc(-c2ncc3c(n2)CN(C(=O)c2ccc(/C=C/c4ccc(C#CCN5CCN(CCCCCCOc6cccc7c6C(=O)N(C6CCC(=O)NC6=O)C7=O)CC5)cc4)cc2)CC3)cnc1C=C. The molecule has 14 nitrogen and oxygen atoms in total. The lowest BCUT2D eigenvalue weighted by Crippen LogP contribution is -2.54. The lowest BCUT2D eigenvalue weighted by Gasteiger charge is -2.33. The van der Waals surface area contributed by atoms with Gasteiger partial charge in [0.2, 0.25) is 11.8 Å². The number of carbonyl (C=O) groups excluding carboxylic acids is 5. The molecular weight excluding hydrogens is 893 g/mol. The highest BCUT2D eigenvalue weighted by molar-refractivity contribution is 6.24. The summed E-state index contributed by atoms with van der Waals surface area (Å²) in [4.78, 5) is 85.6. The van der Waals surface area contributed by atoms with E-state index in [9.17, 15) is 24.0 Å². The van der Waals surface area contributed by atoms with Gasteiger partial charge in [0.1, 0.15) is 11.8 Å². The van der Waals surface area contributed by atoms with Crippen LogP contribution in [0.15, 0.2) is 98.3 Å². The fourth-order valence-electron chi connectivity index (χ4n) is 9.36. The van der Waals surface area contributed by atoms with Gasteiger partial charge in [0, 0.05) is 73.8 Å². The highest BCUT2D eigenvalue weighted by Gasteiger charge is 2.46. The predicted octanol–water partition coefficient (Wildman–Crippen LogP) is 7.20. The molecule has 1 atom stereocenters. The molecule has 14 heteroatoms. The number of nitrogens with one attached hydrogen (secondary N) is 1. The maximum atomic E-state index is 13.6. The Labute approximate surface area is 414 Å². The third kappa shape index (κ3) is 11.3. The lowest BCUT2D eigenvalue weighted by atomic mass is 10.0. The van der Waals surface area contributed by atoms with Crippen molar-refractivity contribution in [1.29, 1.82) is 0 Å². The first kappa shape index (κ1) is 48.2. The van der Waals surface area contributed by atoms with E-state index < -0.39 is 29.7 Å². The maximum Gasteiger partial charge on any atom is 0.266 e. The molecule has 4 aliphatic heterocycles. The molecule has 2 aromatic heterocycles. The Balaban J connectivity index is 0.657. The van der Waals surface area contributed by atoms with Crippen LogP contribution in [0.5, 0.6) is 5.75 Å². The molecule has 71 heavy (non-hydrogen) atoms. The first-order valence-electron chi connectivity index (χ1n) is 24.3. The zero-order valence-electron chi connectivity index (χ0n) is 39.8. The molecule has 6 heterocycles. The van der Waals surface area contributed by atoms with Gasteiger partial charge in [-0.3, -0.25) is 44.1 Å². The van der Waals surface area contributed by atoms with Crippen LogP contribution in [0.25, 0.3) is 35.7 Å². The number of hydrogen-bond donors (Lipinski definition) is 1. The molecule has 1 N–H and O–H groups in total. The number of imide groups is 2. The van der Waals surface area contributed by atoms with Crippen molar-refractivity contribution in [2.24, 2.45) is 0 Å². The van der Waals surface area contributed by atoms with Crippen molar-refractivity contribution < 1.29 is 28.7 Å². The van der Waals surface area contributed by atoms with E-state index in [1.54, 1.807) is 36.5 Å². The van der Waals surface area contributed by atoms with Crippen molar-refractivity contribution in [3.05, 3.63) is 154 Å². The largest absolute Gasteiger partial charge is 0.493 e. The molecule has 5 aromatic rings. The highest BCUT2D eigenvalue weighted by atomic mass is 16.5. The Morgan fingerprint density at radius 3 is 2.30 bits per heavy atom. The number of piperidine rings is 1. The van der Waals surface area contributed by atoms with Crippen molar-refractivity contribution in [2.75, 3.05) is 52.4 Å². The number of amides is 5. The Bertz CT molecular complexity index is 2970. The second-order valence-electron chi connectivity index (χ2n) is 18.1. The molecule has 0 bridgehead atoms. The fraction of sp³-hybridized carbons (Fsp3) is 0.298. The van der Waals surface area contributed by atoms with E-state index in [0.717, 1.165) is 115 Å². The average molecular weight is 949 g/mol. The number of hydrogen-bond acceptors (Lipinski definition) is 11. The molecular formula is C57H56N8O6. The summed E-state index contributed by atoms with van der Waals surface area (Å²) in [6, 6.07) is 21.8. The number of benzene rings is 3. The van der Waals surface area contributed by atoms with Crippen LogP contribution < -0.4 is 10.1 Å². The van der Waals surface area contributed by atoms with Gasteiger partial charge in [-0.05, 0) is 97.5 Å². The zero-order valence-corrected chi connectivity index (χ0v) is 39.8. The van der Waals surface area contributed by atoms with Gasteiger partial charge in [0.15, 0.2) is 5.82 Å². The van der Waals surface area contributed by atoms with Gasteiger partial charge in [0.25, 0.3) is 17.7 Å².